The fourth-order valence-corrected chi connectivity index (χ4v) is 3.00. The highest BCUT2D eigenvalue weighted by molar-refractivity contribution is 6.08. The first kappa shape index (κ1) is 23.0. The van der Waals surface area contributed by atoms with Crippen molar-refractivity contribution in [1.82, 2.24) is 10.2 Å². The van der Waals surface area contributed by atoms with Gasteiger partial charge >= 0.3 is 12.0 Å². The van der Waals surface area contributed by atoms with E-state index in [4.69, 9.17) is 14.2 Å². The Labute approximate surface area is 174 Å². The smallest absolute Gasteiger partial charge is 0.326 e. The minimum absolute atomic E-state index is 0.375. The van der Waals surface area contributed by atoms with Gasteiger partial charge in [-0.25, -0.2) is 4.79 Å². The van der Waals surface area contributed by atoms with Crippen LogP contribution in [0.1, 0.15) is 33.1 Å². The first-order valence-corrected chi connectivity index (χ1v) is 9.55. The lowest BCUT2D eigenvalue weighted by Crippen LogP contribution is -2.44. The Morgan fingerprint density at radius 2 is 1.93 bits per heavy atom. The number of hydrogen-bond acceptors (Lipinski definition) is 7. The van der Waals surface area contributed by atoms with E-state index in [9.17, 15) is 19.2 Å². The molecule has 1 aromatic rings. The number of ether oxygens (including phenoxy) is 3. The van der Waals surface area contributed by atoms with Crippen molar-refractivity contribution in [2.75, 3.05) is 32.7 Å². The van der Waals surface area contributed by atoms with E-state index >= 15 is 0 Å². The number of rotatable bonds is 10. The topological polar surface area (TPSA) is 123 Å². The zero-order chi connectivity index (χ0) is 22.3. The fourth-order valence-electron chi connectivity index (χ4n) is 3.00. The Hall–Kier alpha value is -3.30. The molecule has 0 aromatic heterocycles. The largest absolute Gasteiger partial charge is 0.497 e. The van der Waals surface area contributed by atoms with Gasteiger partial charge in [0.1, 0.15) is 23.6 Å². The van der Waals surface area contributed by atoms with E-state index in [0.29, 0.717) is 23.6 Å². The molecule has 10 heteroatoms. The van der Waals surface area contributed by atoms with Crippen LogP contribution in [0.2, 0.25) is 0 Å². The van der Waals surface area contributed by atoms with E-state index in [1.807, 2.05) is 6.92 Å². The molecule has 10 nitrogen and oxygen atoms in total. The Bertz CT molecular complexity index is 827. The van der Waals surface area contributed by atoms with E-state index in [1.54, 1.807) is 25.1 Å². The Morgan fingerprint density at radius 3 is 2.57 bits per heavy atom. The van der Waals surface area contributed by atoms with Crippen LogP contribution in [0.4, 0.5) is 10.5 Å². The number of nitrogens with zero attached hydrogens (tertiary/aromatic N) is 1. The Kier molecular flexibility index (Phi) is 7.62. The van der Waals surface area contributed by atoms with Crippen molar-refractivity contribution in [2.45, 2.75) is 38.6 Å². The number of imide groups is 1. The number of esters is 1. The van der Waals surface area contributed by atoms with Crippen LogP contribution in [0.3, 0.4) is 0 Å². The van der Waals surface area contributed by atoms with Crippen LogP contribution in [0.25, 0.3) is 0 Å². The van der Waals surface area contributed by atoms with Gasteiger partial charge in [-0.1, -0.05) is 19.8 Å². The van der Waals surface area contributed by atoms with Crippen molar-refractivity contribution in [3.8, 4) is 11.5 Å². The SMILES string of the molecule is CCCC[C@]1(C)NC(=O)N(CC(=O)OCC(=O)Nc2ccc(OC)cc2OC)C1=O. The molecule has 164 valence electrons. The summed E-state index contributed by atoms with van der Waals surface area (Å²) in [6, 6.07) is 4.16. The summed E-state index contributed by atoms with van der Waals surface area (Å²) in [7, 11) is 2.95. The van der Waals surface area contributed by atoms with Crippen LogP contribution in [0, 0.1) is 0 Å². The second-order valence-corrected chi connectivity index (χ2v) is 7.03. The summed E-state index contributed by atoms with van der Waals surface area (Å²) in [4.78, 5) is 49.6. The molecule has 1 aliphatic heterocycles. The summed E-state index contributed by atoms with van der Waals surface area (Å²) >= 11 is 0. The third kappa shape index (κ3) is 5.40. The standard InChI is InChI=1S/C20H27N3O7/c1-5-6-9-20(2)18(26)23(19(27)22-20)11-17(25)30-12-16(24)21-14-8-7-13(28-3)10-15(14)29-4/h7-8,10H,5-6,9,11-12H2,1-4H3,(H,21,24)(H,22,27)/t20-/m0/s1. The van der Waals surface area contributed by atoms with Crippen molar-refractivity contribution >= 4 is 29.5 Å². The van der Waals surface area contributed by atoms with Crippen molar-refractivity contribution < 1.29 is 33.4 Å². The minimum atomic E-state index is -1.03. The number of nitrogens with one attached hydrogen (secondary N) is 2. The maximum absolute atomic E-state index is 12.5. The van der Waals surface area contributed by atoms with Crippen LogP contribution >= 0.6 is 0 Å². The molecule has 0 saturated carbocycles. The highest BCUT2D eigenvalue weighted by Crippen LogP contribution is 2.29. The molecule has 4 amide bonds. The molecule has 0 unspecified atom stereocenters. The van der Waals surface area contributed by atoms with Crippen LogP contribution in [-0.4, -0.2) is 61.6 Å². The molecule has 1 fully saturated rings. The molecule has 1 aliphatic rings. The highest BCUT2D eigenvalue weighted by Gasteiger charge is 2.47. The molecule has 1 aromatic carbocycles. The van der Waals surface area contributed by atoms with Crippen molar-refractivity contribution in [3.63, 3.8) is 0 Å². The van der Waals surface area contributed by atoms with Gasteiger partial charge in [-0.2, -0.15) is 0 Å². The molecule has 0 spiro atoms. The third-order valence-electron chi connectivity index (χ3n) is 4.71. The Morgan fingerprint density at radius 1 is 1.20 bits per heavy atom. The molecule has 2 N–H and O–H groups in total. The number of hydrogen-bond donors (Lipinski definition) is 2. The van der Waals surface area contributed by atoms with E-state index in [-0.39, 0.29) is 0 Å². The lowest BCUT2D eigenvalue weighted by atomic mass is 9.95. The number of unbranched alkanes of at least 4 members (excludes halogenated alkanes) is 1. The van der Waals surface area contributed by atoms with E-state index in [2.05, 4.69) is 10.6 Å². The first-order chi connectivity index (χ1) is 14.2. The van der Waals surface area contributed by atoms with Crippen LogP contribution < -0.4 is 20.1 Å². The number of amides is 4. The number of anilines is 1. The van der Waals surface area contributed by atoms with Gasteiger partial charge in [0, 0.05) is 6.07 Å². The van der Waals surface area contributed by atoms with E-state index in [0.717, 1.165) is 17.7 Å². The van der Waals surface area contributed by atoms with Crippen molar-refractivity contribution in [1.29, 1.82) is 0 Å². The molecule has 0 bridgehead atoms. The second-order valence-electron chi connectivity index (χ2n) is 7.03. The average molecular weight is 421 g/mol. The van der Waals surface area contributed by atoms with Crippen molar-refractivity contribution in [3.05, 3.63) is 18.2 Å². The van der Waals surface area contributed by atoms with Gasteiger partial charge in [-0.05, 0) is 25.5 Å². The molecule has 0 radical (unpaired) electrons. The summed E-state index contributed by atoms with van der Waals surface area (Å²) < 4.78 is 15.2. The normalized spacial score (nSPS) is 18.1. The summed E-state index contributed by atoms with van der Waals surface area (Å²) in [6.07, 6.45) is 2.11. The van der Waals surface area contributed by atoms with Gasteiger partial charge in [-0.3, -0.25) is 19.3 Å². The zero-order valence-electron chi connectivity index (χ0n) is 17.6. The number of methoxy groups -OCH3 is 2. The summed E-state index contributed by atoms with van der Waals surface area (Å²) in [5.74, 6) is -1.02. The first-order valence-electron chi connectivity index (χ1n) is 9.55. The highest BCUT2D eigenvalue weighted by atomic mass is 16.5. The van der Waals surface area contributed by atoms with Crippen LogP contribution in [0.5, 0.6) is 11.5 Å². The maximum atomic E-state index is 12.5. The molecule has 30 heavy (non-hydrogen) atoms. The van der Waals surface area contributed by atoms with Crippen molar-refractivity contribution in [2.24, 2.45) is 0 Å². The maximum Gasteiger partial charge on any atom is 0.326 e. The molecular formula is C20H27N3O7. The van der Waals surface area contributed by atoms with Gasteiger partial charge in [0.05, 0.1) is 19.9 Å². The summed E-state index contributed by atoms with van der Waals surface area (Å²) in [5, 5.41) is 5.18. The van der Waals surface area contributed by atoms with Crippen LogP contribution in [0.15, 0.2) is 18.2 Å². The quantitative estimate of drug-likeness (QED) is 0.435. The molecule has 1 saturated heterocycles. The molecular weight excluding hydrogens is 394 g/mol. The number of carbonyl (C=O) groups is 4. The molecule has 2 rings (SSSR count). The van der Waals surface area contributed by atoms with Gasteiger partial charge < -0.3 is 24.8 Å². The molecule has 1 heterocycles. The number of benzene rings is 1. The van der Waals surface area contributed by atoms with Gasteiger partial charge in [0.2, 0.25) is 0 Å². The number of urea groups is 1. The van der Waals surface area contributed by atoms with Crippen LogP contribution in [-0.2, 0) is 19.1 Å². The van der Waals surface area contributed by atoms with E-state index < -0.39 is 42.5 Å². The molecule has 1 atom stereocenters. The predicted octanol–water partition coefficient (Wildman–Crippen LogP) is 1.69. The lowest BCUT2D eigenvalue weighted by molar-refractivity contribution is -0.150. The third-order valence-corrected chi connectivity index (χ3v) is 4.71. The monoisotopic (exact) mass is 421 g/mol. The predicted molar refractivity (Wildman–Crippen MR) is 107 cm³/mol. The van der Waals surface area contributed by atoms with E-state index in [1.165, 1.54) is 14.2 Å². The average Bonchev–Trinajstić information content (AvgIpc) is 2.94. The minimum Gasteiger partial charge on any atom is -0.497 e. The number of carbonyl (C=O) groups excluding carboxylic acids is 4. The van der Waals surface area contributed by atoms with Gasteiger partial charge in [0.15, 0.2) is 6.61 Å². The summed E-state index contributed by atoms with van der Waals surface area (Å²) in [6.45, 7) is 2.46. The van der Waals surface area contributed by atoms with Gasteiger partial charge in [-0.15, -0.1) is 0 Å². The summed E-state index contributed by atoms with van der Waals surface area (Å²) in [5.41, 5.74) is -0.657. The zero-order valence-corrected chi connectivity index (χ0v) is 17.6. The van der Waals surface area contributed by atoms with Gasteiger partial charge in [0.25, 0.3) is 11.8 Å². The Balaban J connectivity index is 1.88. The second kappa shape index (κ2) is 9.95. The fraction of sp³-hybridized carbons (Fsp3) is 0.500. The lowest BCUT2D eigenvalue weighted by Gasteiger charge is -2.21. The molecule has 0 aliphatic carbocycles.